The molecule has 2 rings (SSSR count). The Morgan fingerprint density at radius 3 is 2.71 bits per heavy atom. The highest BCUT2D eigenvalue weighted by Gasteiger charge is 2.13. The quantitative estimate of drug-likeness (QED) is 0.944. The molecule has 17 heavy (non-hydrogen) atoms. The molecular weight excluding hydrogens is 282 g/mol. The molecule has 0 aliphatic carbocycles. The Morgan fingerprint density at radius 1 is 1.41 bits per heavy atom. The van der Waals surface area contributed by atoms with Crippen molar-refractivity contribution in [3.8, 4) is 11.5 Å². The zero-order chi connectivity index (χ0) is 12.4. The highest BCUT2D eigenvalue weighted by atomic mass is 79.9. The van der Waals surface area contributed by atoms with Crippen LogP contribution >= 0.6 is 15.9 Å². The van der Waals surface area contributed by atoms with Crippen molar-refractivity contribution in [2.75, 3.05) is 12.4 Å². The van der Waals surface area contributed by atoms with Crippen LogP contribution in [0, 0.1) is 0 Å². The second kappa shape index (κ2) is 4.83. The Bertz CT molecular complexity index is 509. The number of rotatable bonds is 3. The first kappa shape index (κ1) is 12.0. The van der Waals surface area contributed by atoms with Gasteiger partial charge in [-0.25, -0.2) is 9.97 Å². The monoisotopic (exact) mass is 295 g/mol. The van der Waals surface area contributed by atoms with Crippen molar-refractivity contribution in [1.29, 1.82) is 0 Å². The number of aryl methyl sites for hydroxylation is 2. The standard InChI is InChI=1S/C11H14BrN5/c1-4-7-9(12)11(13-2)16-10(15-7)8-5-6-14-17(8)3/h5-6H,4H2,1-3H3,(H,13,15,16). The third-order valence-corrected chi connectivity index (χ3v) is 3.37. The van der Waals surface area contributed by atoms with Gasteiger partial charge in [-0.05, 0) is 28.4 Å². The molecule has 2 heterocycles. The smallest absolute Gasteiger partial charge is 0.180 e. The van der Waals surface area contributed by atoms with E-state index in [1.807, 2.05) is 20.2 Å². The number of halogens is 1. The minimum absolute atomic E-state index is 0.689. The highest BCUT2D eigenvalue weighted by molar-refractivity contribution is 9.10. The van der Waals surface area contributed by atoms with Crippen LogP contribution in [-0.4, -0.2) is 26.8 Å². The molecule has 0 unspecified atom stereocenters. The fourth-order valence-corrected chi connectivity index (χ4v) is 2.26. The van der Waals surface area contributed by atoms with Crippen molar-refractivity contribution in [3.05, 3.63) is 22.4 Å². The Labute approximate surface area is 108 Å². The molecule has 0 aliphatic heterocycles. The van der Waals surface area contributed by atoms with E-state index in [1.165, 1.54) is 0 Å². The van der Waals surface area contributed by atoms with E-state index in [0.717, 1.165) is 28.1 Å². The van der Waals surface area contributed by atoms with E-state index >= 15 is 0 Å². The predicted molar refractivity (Wildman–Crippen MR) is 70.9 cm³/mol. The van der Waals surface area contributed by atoms with E-state index < -0.39 is 0 Å². The van der Waals surface area contributed by atoms with Crippen LogP contribution < -0.4 is 5.32 Å². The van der Waals surface area contributed by atoms with Gasteiger partial charge in [-0.2, -0.15) is 5.10 Å². The zero-order valence-corrected chi connectivity index (χ0v) is 11.6. The van der Waals surface area contributed by atoms with Gasteiger partial charge >= 0.3 is 0 Å². The summed E-state index contributed by atoms with van der Waals surface area (Å²) in [6, 6.07) is 1.90. The summed E-state index contributed by atoms with van der Waals surface area (Å²) in [6.45, 7) is 2.07. The fourth-order valence-electron chi connectivity index (χ4n) is 1.60. The number of aromatic nitrogens is 4. The van der Waals surface area contributed by atoms with Gasteiger partial charge in [0.05, 0.1) is 10.2 Å². The first-order valence-electron chi connectivity index (χ1n) is 5.40. The van der Waals surface area contributed by atoms with Crippen molar-refractivity contribution < 1.29 is 0 Å². The molecule has 0 saturated carbocycles. The van der Waals surface area contributed by atoms with Crippen LogP contribution in [0.5, 0.6) is 0 Å². The second-order valence-electron chi connectivity index (χ2n) is 3.60. The van der Waals surface area contributed by atoms with Gasteiger partial charge in [0.1, 0.15) is 11.5 Å². The molecule has 0 amide bonds. The van der Waals surface area contributed by atoms with Crippen LogP contribution in [0.1, 0.15) is 12.6 Å². The summed E-state index contributed by atoms with van der Waals surface area (Å²) >= 11 is 3.51. The third kappa shape index (κ3) is 2.17. The van der Waals surface area contributed by atoms with Crippen LogP contribution in [0.4, 0.5) is 5.82 Å². The maximum Gasteiger partial charge on any atom is 0.180 e. The highest BCUT2D eigenvalue weighted by Crippen LogP contribution is 2.26. The molecule has 0 radical (unpaired) electrons. The summed E-state index contributed by atoms with van der Waals surface area (Å²) in [7, 11) is 3.73. The van der Waals surface area contributed by atoms with Crippen LogP contribution in [0.2, 0.25) is 0 Å². The molecule has 0 spiro atoms. The summed E-state index contributed by atoms with van der Waals surface area (Å²) in [4.78, 5) is 9.02. The van der Waals surface area contributed by atoms with Crippen molar-refractivity contribution in [2.24, 2.45) is 7.05 Å². The summed E-state index contributed by atoms with van der Waals surface area (Å²) in [5, 5.41) is 7.20. The van der Waals surface area contributed by atoms with Gasteiger partial charge in [-0.15, -0.1) is 0 Å². The normalized spacial score (nSPS) is 10.6. The van der Waals surface area contributed by atoms with E-state index in [-0.39, 0.29) is 0 Å². The molecule has 2 aromatic heterocycles. The maximum atomic E-state index is 4.54. The molecular formula is C11H14BrN5. The molecule has 5 nitrogen and oxygen atoms in total. The molecule has 0 saturated heterocycles. The molecule has 0 atom stereocenters. The van der Waals surface area contributed by atoms with Gasteiger partial charge in [0.2, 0.25) is 0 Å². The van der Waals surface area contributed by atoms with E-state index in [4.69, 9.17) is 0 Å². The second-order valence-corrected chi connectivity index (χ2v) is 4.39. The number of anilines is 1. The molecule has 6 heteroatoms. The minimum Gasteiger partial charge on any atom is -0.372 e. The van der Waals surface area contributed by atoms with E-state index in [0.29, 0.717) is 5.82 Å². The Kier molecular flexibility index (Phi) is 3.42. The molecule has 0 fully saturated rings. The van der Waals surface area contributed by atoms with Crippen molar-refractivity contribution >= 4 is 21.7 Å². The molecule has 0 aromatic carbocycles. The van der Waals surface area contributed by atoms with E-state index in [9.17, 15) is 0 Å². The van der Waals surface area contributed by atoms with Gasteiger partial charge in [0, 0.05) is 20.3 Å². The van der Waals surface area contributed by atoms with Crippen LogP contribution in [0.25, 0.3) is 11.5 Å². The first-order valence-corrected chi connectivity index (χ1v) is 6.19. The number of hydrogen-bond acceptors (Lipinski definition) is 4. The Balaban J connectivity index is 2.60. The average molecular weight is 296 g/mol. The van der Waals surface area contributed by atoms with Gasteiger partial charge in [0.15, 0.2) is 5.82 Å². The lowest BCUT2D eigenvalue weighted by Crippen LogP contribution is -2.05. The number of nitrogens with one attached hydrogen (secondary N) is 1. The molecule has 1 N–H and O–H groups in total. The summed E-state index contributed by atoms with van der Waals surface area (Å²) in [6.07, 6.45) is 2.59. The molecule has 2 aromatic rings. The molecule has 0 bridgehead atoms. The van der Waals surface area contributed by atoms with Gasteiger partial charge in [-0.1, -0.05) is 6.92 Å². The van der Waals surface area contributed by atoms with Crippen molar-refractivity contribution in [3.63, 3.8) is 0 Å². The van der Waals surface area contributed by atoms with Crippen LogP contribution in [0.3, 0.4) is 0 Å². The fraction of sp³-hybridized carbons (Fsp3) is 0.364. The lowest BCUT2D eigenvalue weighted by atomic mass is 10.3. The van der Waals surface area contributed by atoms with E-state index in [1.54, 1.807) is 10.9 Å². The molecule has 90 valence electrons. The topological polar surface area (TPSA) is 55.6 Å². The lowest BCUT2D eigenvalue weighted by Gasteiger charge is -2.09. The summed E-state index contributed by atoms with van der Waals surface area (Å²) in [5.41, 5.74) is 1.89. The third-order valence-electron chi connectivity index (χ3n) is 2.54. The van der Waals surface area contributed by atoms with E-state index in [2.05, 4.69) is 43.2 Å². The van der Waals surface area contributed by atoms with Crippen LogP contribution in [0.15, 0.2) is 16.7 Å². The maximum absolute atomic E-state index is 4.54. The van der Waals surface area contributed by atoms with Crippen molar-refractivity contribution in [1.82, 2.24) is 19.7 Å². The lowest BCUT2D eigenvalue weighted by molar-refractivity contribution is 0.768. The Hall–Kier alpha value is -1.43. The van der Waals surface area contributed by atoms with Gasteiger partial charge < -0.3 is 5.32 Å². The SMILES string of the molecule is CCc1nc(-c2ccnn2C)nc(NC)c1Br. The largest absolute Gasteiger partial charge is 0.372 e. The summed E-state index contributed by atoms with van der Waals surface area (Å²) < 4.78 is 2.69. The first-order chi connectivity index (χ1) is 8.17. The predicted octanol–water partition coefficient (Wildman–Crippen LogP) is 2.24. The zero-order valence-electron chi connectivity index (χ0n) is 10.0. The molecule has 0 aliphatic rings. The van der Waals surface area contributed by atoms with Crippen LogP contribution in [-0.2, 0) is 13.5 Å². The van der Waals surface area contributed by atoms with Crippen molar-refractivity contribution in [2.45, 2.75) is 13.3 Å². The Morgan fingerprint density at radius 2 is 2.18 bits per heavy atom. The van der Waals surface area contributed by atoms with Gasteiger partial charge in [-0.3, -0.25) is 4.68 Å². The average Bonchev–Trinajstić information content (AvgIpc) is 2.76. The number of hydrogen-bond donors (Lipinski definition) is 1. The number of nitrogens with zero attached hydrogens (tertiary/aromatic N) is 4. The van der Waals surface area contributed by atoms with Gasteiger partial charge in [0.25, 0.3) is 0 Å². The minimum atomic E-state index is 0.689. The summed E-state index contributed by atoms with van der Waals surface area (Å²) in [5.74, 6) is 1.49.